The molecule has 1 aromatic carbocycles. The normalized spacial score (nSPS) is 16.2. The number of thiophene rings is 1. The molecule has 2 aromatic rings. The molecule has 6 nitrogen and oxygen atoms in total. The van der Waals surface area contributed by atoms with E-state index in [0.29, 0.717) is 22.9 Å². The number of sulfone groups is 1. The predicted octanol–water partition coefficient (Wildman–Crippen LogP) is 3.60. The molecule has 0 aliphatic heterocycles. The van der Waals surface area contributed by atoms with Crippen molar-refractivity contribution < 1.29 is 27.1 Å². The number of esters is 1. The lowest BCUT2D eigenvalue weighted by Gasteiger charge is -2.18. The molecule has 3 rings (SSSR count). The first-order valence-corrected chi connectivity index (χ1v) is 11.8. The van der Waals surface area contributed by atoms with E-state index >= 15 is 0 Å². The van der Waals surface area contributed by atoms with Crippen molar-refractivity contribution in [2.45, 2.75) is 38.0 Å². The van der Waals surface area contributed by atoms with Crippen LogP contribution >= 0.6 is 11.3 Å². The summed E-state index contributed by atoms with van der Waals surface area (Å²) in [4.78, 5) is 25.8. The number of hydrogen-bond donors (Lipinski definition) is 1. The van der Waals surface area contributed by atoms with Crippen LogP contribution in [-0.2, 0) is 32.2 Å². The fourth-order valence-corrected chi connectivity index (χ4v) is 5.87. The van der Waals surface area contributed by atoms with E-state index in [9.17, 15) is 22.4 Å². The highest BCUT2D eigenvalue weighted by atomic mass is 32.2. The van der Waals surface area contributed by atoms with Gasteiger partial charge in [0.1, 0.15) is 16.6 Å². The van der Waals surface area contributed by atoms with Gasteiger partial charge in [-0.2, -0.15) is 0 Å². The molecule has 29 heavy (non-hydrogen) atoms. The summed E-state index contributed by atoms with van der Waals surface area (Å²) in [5, 5.41) is 2.91. The van der Waals surface area contributed by atoms with Gasteiger partial charge in [0.15, 0.2) is 9.84 Å². The van der Waals surface area contributed by atoms with Gasteiger partial charge < -0.3 is 10.1 Å². The quantitative estimate of drug-likeness (QED) is 0.549. The number of anilines is 1. The van der Waals surface area contributed by atoms with Gasteiger partial charge in [-0.15, -0.1) is 11.3 Å². The molecule has 0 saturated carbocycles. The third kappa shape index (κ3) is 4.84. The van der Waals surface area contributed by atoms with Gasteiger partial charge >= 0.3 is 5.97 Å². The predicted molar refractivity (Wildman–Crippen MR) is 109 cm³/mol. The van der Waals surface area contributed by atoms with Crippen LogP contribution in [0.4, 0.5) is 9.39 Å². The molecule has 1 amide bonds. The Morgan fingerprint density at radius 1 is 1.28 bits per heavy atom. The molecule has 0 unspecified atom stereocenters. The Bertz CT molecular complexity index is 1030. The number of carbonyl (C=O) groups excluding carboxylic acids is 2. The molecule has 0 spiro atoms. The maximum absolute atomic E-state index is 13.0. The molecule has 0 bridgehead atoms. The van der Waals surface area contributed by atoms with Gasteiger partial charge in [-0.25, -0.2) is 17.6 Å². The second kappa shape index (κ2) is 8.62. The first-order valence-electron chi connectivity index (χ1n) is 9.31. The van der Waals surface area contributed by atoms with Gasteiger partial charge in [0, 0.05) is 4.88 Å². The lowest BCUT2D eigenvalue weighted by Crippen LogP contribution is -2.24. The van der Waals surface area contributed by atoms with Crippen LogP contribution in [0.5, 0.6) is 0 Å². The Kier molecular flexibility index (Phi) is 6.38. The van der Waals surface area contributed by atoms with Crippen molar-refractivity contribution in [2.24, 2.45) is 5.92 Å². The average Bonchev–Trinajstić information content (AvgIpc) is 2.98. The summed E-state index contributed by atoms with van der Waals surface area (Å²) in [6, 6.07) is 4.29. The van der Waals surface area contributed by atoms with Crippen molar-refractivity contribution in [1.29, 1.82) is 0 Å². The number of amides is 1. The number of carbonyl (C=O) groups is 2. The van der Waals surface area contributed by atoms with E-state index in [1.54, 1.807) is 6.92 Å². The monoisotopic (exact) mass is 439 g/mol. The van der Waals surface area contributed by atoms with Crippen molar-refractivity contribution in [2.75, 3.05) is 17.7 Å². The number of ether oxygens (including phenoxy) is 1. The average molecular weight is 440 g/mol. The molecule has 1 aliphatic rings. The van der Waals surface area contributed by atoms with Gasteiger partial charge in [0.25, 0.3) is 0 Å². The van der Waals surface area contributed by atoms with E-state index in [4.69, 9.17) is 4.74 Å². The summed E-state index contributed by atoms with van der Waals surface area (Å²) in [7, 11) is -3.94. The second-order valence-electron chi connectivity index (χ2n) is 7.04. The van der Waals surface area contributed by atoms with Crippen molar-refractivity contribution in [1.82, 2.24) is 0 Å². The number of nitrogens with one attached hydrogen (secondary N) is 1. The topological polar surface area (TPSA) is 89.5 Å². The lowest BCUT2D eigenvalue weighted by molar-refractivity contribution is -0.113. The molecule has 0 saturated heterocycles. The van der Waals surface area contributed by atoms with E-state index in [-0.39, 0.29) is 11.5 Å². The highest BCUT2D eigenvalue weighted by Gasteiger charge is 2.30. The fraction of sp³-hybridized carbons (Fsp3) is 0.400. The fourth-order valence-electron chi connectivity index (χ4n) is 3.32. The Morgan fingerprint density at radius 2 is 1.97 bits per heavy atom. The number of rotatable bonds is 6. The molecule has 9 heteroatoms. The number of fused-ring (bicyclic) bond motifs is 1. The van der Waals surface area contributed by atoms with Crippen molar-refractivity contribution in [3.05, 3.63) is 46.1 Å². The van der Waals surface area contributed by atoms with Gasteiger partial charge in [-0.1, -0.05) is 6.92 Å². The minimum absolute atomic E-state index is 0.140. The summed E-state index contributed by atoms with van der Waals surface area (Å²) in [6.07, 6.45) is 2.45. The van der Waals surface area contributed by atoms with Crippen LogP contribution in [0.25, 0.3) is 0 Å². The molecule has 1 aliphatic carbocycles. The standard InChI is InChI=1S/C20H22FNO5S2/c1-3-27-20(24)18-15-9-4-12(2)10-16(15)28-19(18)22-17(23)11-29(25,26)14-7-5-13(21)6-8-14/h5-8,12H,3-4,9-11H2,1-2H3,(H,22,23)/t12-/m0/s1. The lowest BCUT2D eigenvalue weighted by atomic mass is 9.88. The largest absolute Gasteiger partial charge is 0.462 e. The third-order valence-electron chi connectivity index (χ3n) is 4.74. The Balaban J connectivity index is 1.84. The summed E-state index contributed by atoms with van der Waals surface area (Å²) in [5.74, 6) is -2.17. The van der Waals surface area contributed by atoms with E-state index < -0.39 is 33.3 Å². The molecule has 1 atom stereocenters. The van der Waals surface area contributed by atoms with Crippen LogP contribution in [0.2, 0.25) is 0 Å². The molecular formula is C20H22FNO5S2. The minimum Gasteiger partial charge on any atom is -0.462 e. The zero-order chi connectivity index (χ0) is 21.2. The molecule has 1 N–H and O–H groups in total. The summed E-state index contributed by atoms with van der Waals surface area (Å²) in [6.45, 7) is 4.03. The van der Waals surface area contributed by atoms with Crippen LogP contribution in [0, 0.1) is 11.7 Å². The zero-order valence-corrected chi connectivity index (χ0v) is 17.8. The molecule has 156 valence electrons. The second-order valence-corrected chi connectivity index (χ2v) is 10.1. The first kappa shape index (κ1) is 21.4. The molecule has 1 aromatic heterocycles. The number of hydrogen-bond acceptors (Lipinski definition) is 6. The Hall–Kier alpha value is -2.26. The smallest absolute Gasteiger partial charge is 0.341 e. The molecule has 1 heterocycles. The van der Waals surface area contributed by atoms with Gasteiger partial charge in [0.05, 0.1) is 17.1 Å². The third-order valence-corrected chi connectivity index (χ3v) is 7.54. The summed E-state index contributed by atoms with van der Waals surface area (Å²) >= 11 is 1.29. The number of halogens is 1. The van der Waals surface area contributed by atoms with Gasteiger partial charge in [-0.05, 0) is 61.9 Å². The van der Waals surface area contributed by atoms with E-state index in [1.807, 2.05) is 0 Å². The first-order chi connectivity index (χ1) is 13.7. The van der Waals surface area contributed by atoms with Crippen molar-refractivity contribution >= 4 is 38.1 Å². The van der Waals surface area contributed by atoms with Crippen molar-refractivity contribution in [3.63, 3.8) is 0 Å². The highest BCUT2D eigenvalue weighted by molar-refractivity contribution is 7.92. The van der Waals surface area contributed by atoms with Crippen LogP contribution in [-0.4, -0.2) is 32.7 Å². The van der Waals surface area contributed by atoms with E-state index in [0.717, 1.165) is 47.5 Å². The zero-order valence-electron chi connectivity index (χ0n) is 16.2. The Morgan fingerprint density at radius 3 is 2.62 bits per heavy atom. The highest BCUT2D eigenvalue weighted by Crippen LogP contribution is 2.40. The minimum atomic E-state index is -3.94. The summed E-state index contributed by atoms with van der Waals surface area (Å²) in [5.41, 5.74) is 1.20. The van der Waals surface area contributed by atoms with Gasteiger partial charge in [-0.3, -0.25) is 4.79 Å². The maximum atomic E-state index is 13.0. The molecule has 0 fully saturated rings. The van der Waals surface area contributed by atoms with E-state index in [2.05, 4.69) is 12.2 Å². The van der Waals surface area contributed by atoms with Crippen molar-refractivity contribution in [3.8, 4) is 0 Å². The number of benzene rings is 1. The molecular weight excluding hydrogens is 417 g/mol. The van der Waals surface area contributed by atoms with E-state index in [1.165, 1.54) is 11.3 Å². The van der Waals surface area contributed by atoms with Crippen LogP contribution in [0.15, 0.2) is 29.2 Å². The molecule has 0 radical (unpaired) electrons. The van der Waals surface area contributed by atoms with Crippen LogP contribution in [0.3, 0.4) is 0 Å². The van der Waals surface area contributed by atoms with Crippen LogP contribution in [0.1, 0.15) is 41.1 Å². The maximum Gasteiger partial charge on any atom is 0.341 e. The SMILES string of the molecule is CCOC(=O)c1c(NC(=O)CS(=O)(=O)c2ccc(F)cc2)sc2c1CC[C@H](C)C2. The van der Waals surface area contributed by atoms with Gasteiger partial charge in [0.2, 0.25) is 5.91 Å². The Labute approximate surface area is 173 Å². The van der Waals surface area contributed by atoms with Crippen LogP contribution < -0.4 is 5.32 Å². The summed E-state index contributed by atoms with van der Waals surface area (Å²) < 4.78 is 43.0.